The molecule has 3 rings (SSSR count). The van der Waals surface area contributed by atoms with Gasteiger partial charge in [0.2, 0.25) is 0 Å². The van der Waals surface area contributed by atoms with Crippen LogP contribution in [0.3, 0.4) is 0 Å². The van der Waals surface area contributed by atoms with Crippen molar-refractivity contribution < 1.29 is 4.74 Å². The van der Waals surface area contributed by atoms with E-state index in [1.807, 2.05) is 22.7 Å². The molecular weight excluding hydrogens is 216 g/mol. The molecule has 0 aromatic carbocycles. The van der Waals surface area contributed by atoms with Gasteiger partial charge in [0.05, 0.1) is 6.10 Å². The molecule has 0 radical (unpaired) electrons. The van der Waals surface area contributed by atoms with Crippen LogP contribution < -0.4 is 5.73 Å². The smallest absolute Gasteiger partial charge is 0.160 e. The van der Waals surface area contributed by atoms with Gasteiger partial charge in [-0.2, -0.15) is 0 Å². The minimum atomic E-state index is 0.254. The maximum absolute atomic E-state index is 5.81. The zero-order valence-corrected chi connectivity index (χ0v) is 9.84. The van der Waals surface area contributed by atoms with E-state index in [0.717, 1.165) is 36.6 Å². The predicted octanol–water partition coefficient (Wildman–Crippen LogP) is 1.59. The van der Waals surface area contributed by atoms with Gasteiger partial charge in [-0.3, -0.25) is 4.40 Å². The lowest BCUT2D eigenvalue weighted by atomic mass is 9.99. The van der Waals surface area contributed by atoms with Crippen molar-refractivity contribution in [2.24, 2.45) is 0 Å². The fraction of sp³-hybridized carbons (Fsp3) is 0.500. The molecule has 1 saturated heterocycles. The van der Waals surface area contributed by atoms with Crippen molar-refractivity contribution in [3.63, 3.8) is 0 Å². The SMILES string of the molecule is CCC1OCCC1c1nnc2ccc(N)cn12. The standard InChI is InChI=1S/C12H16N4O/c1-2-10-9(5-6-17-10)12-15-14-11-4-3-8(13)7-16(11)12/h3-4,7,9-10H,2,5-6,13H2,1H3. The third-order valence-electron chi connectivity index (χ3n) is 3.40. The minimum Gasteiger partial charge on any atom is -0.398 e. The number of hydrogen-bond acceptors (Lipinski definition) is 4. The number of nitrogen functional groups attached to an aromatic ring is 1. The molecule has 2 aromatic rings. The van der Waals surface area contributed by atoms with Crippen molar-refractivity contribution >= 4 is 11.3 Å². The number of pyridine rings is 1. The number of fused-ring (bicyclic) bond motifs is 1. The maximum atomic E-state index is 5.81. The second kappa shape index (κ2) is 4.00. The Hall–Kier alpha value is -1.62. The lowest BCUT2D eigenvalue weighted by Gasteiger charge is -2.14. The van der Waals surface area contributed by atoms with Crippen molar-refractivity contribution in [1.29, 1.82) is 0 Å². The lowest BCUT2D eigenvalue weighted by Crippen LogP contribution is -2.15. The molecule has 0 saturated carbocycles. The van der Waals surface area contributed by atoms with Gasteiger partial charge >= 0.3 is 0 Å². The fourth-order valence-corrected chi connectivity index (χ4v) is 2.52. The average molecular weight is 232 g/mol. The monoisotopic (exact) mass is 232 g/mol. The summed E-state index contributed by atoms with van der Waals surface area (Å²) in [5.74, 6) is 1.30. The molecule has 3 heterocycles. The first-order chi connectivity index (χ1) is 8.29. The Morgan fingerprint density at radius 1 is 1.47 bits per heavy atom. The second-order valence-electron chi connectivity index (χ2n) is 4.46. The molecule has 2 aromatic heterocycles. The van der Waals surface area contributed by atoms with E-state index in [9.17, 15) is 0 Å². The maximum Gasteiger partial charge on any atom is 0.160 e. The molecule has 90 valence electrons. The first kappa shape index (κ1) is 10.5. The van der Waals surface area contributed by atoms with Gasteiger partial charge in [0.15, 0.2) is 5.65 Å². The highest BCUT2D eigenvalue weighted by atomic mass is 16.5. The van der Waals surface area contributed by atoms with Crippen LogP contribution >= 0.6 is 0 Å². The van der Waals surface area contributed by atoms with E-state index >= 15 is 0 Å². The number of aromatic nitrogens is 3. The largest absolute Gasteiger partial charge is 0.398 e. The Kier molecular flexibility index (Phi) is 2.48. The van der Waals surface area contributed by atoms with Crippen LogP contribution in [0.1, 0.15) is 31.5 Å². The van der Waals surface area contributed by atoms with Crippen LogP contribution in [0.25, 0.3) is 5.65 Å². The summed E-state index contributed by atoms with van der Waals surface area (Å²) in [5, 5.41) is 8.47. The molecular formula is C12H16N4O. The average Bonchev–Trinajstić information content (AvgIpc) is 2.93. The molecule has 0 amide bonds. The van der Waals surface area contributed by atoms with Gasteiger partial charge in [-0.1, -0.05) is 6.92 Å². The molecule has 17 heavy (non-hydrogen) atoms. The van der Waals surface area contributed by atoms with E-state index in [2.05, 4.69) is 17.1 Å². The molecule has 5 nitrogen and oxygen atoms in total. The third kappa shape index (κ3) is 1.67. The molecule has 2 unspecified atom stereocenters. The molecule has 0 bridgehead atoms. The van der Waals surface area contributed by atoms with Gasteiger partial charge in [-0.25, -0.2) is 0 Å². The van der Waals surface area contributed by atoms with Gasteiger partial charge in [0, 0.05) is 24.4 Å². The van der Waals surface area contributed by atoms with Crippen LogP contribution in [0.2, 0.25) is 0 Å². The summed E-state index contributed by atoms with van der Waals surface area (Å²) in [6.45, 7) is 2.95. The fourth-order valence-electron chi connectivity index (χ4n) is 2.52. The summed E-state index contributed by atoms with van der Waals surface area (Å²) in [5.41, 5.74) is 7.38. The van der Waals surface area contributed by atoms with Gasteiger partial charge in [0.25, 0.3) is 0 Å². The van der Waals surface area contributed by atoms with E-state index < -0.39 is 0 Å². The number of nitrogens with two attached hydrogens (primary N) is 1. The number of hydrogen-bond donors (Lipinski definition) is 1. The van der Waals surface area contributed by atoms with Crippen molar-refractivity contribution in [2.75, 3.05) is 12.3 Å². The molecule has 0 spiro atoms. The second-order valence-corrected chi connectivity index (χ2v) is 4.46. The Balaban J connectivity index is 2.07. The summed E-state index contributed by atoms with van der Waals surface area (Å²) in [4.78, 5) is 0. The lowest BCUT2D eigenvalue weighted by molar-refractivity contribution is 0.0993. The first-order valence-corrected chi connectivity index (χ1v) is 6.01. The zero-order chi connectivity index (χ0) is 11.8. The Morgan fingerprint density at radius 3 is 3.18 bits per heavy atom. The van der Waals surface area contributed by atoms with E-state index in [-0.39, 0.29) is 6.10 Å². The van der Waals surface area contributed by atoms with Gasteiger partial charge in [0.1, 0.15) is 5.82 Å². The van der Waals surface area contributed by atoms with Gasteiger partial charge in [-0.15, -0.1) is 10.2 Å². The predicted molar refractivity (Wildman–Crippen MR) is 64.8 cm³/mol. The highest BCUT2D eigenvalue weighted by Crippen LogP contribution is 2.32. The van der Waals surface area contributed by atoms with Crippen molar-refractivity contribution in [2.45, 2.75) is 31.8 Å². The summed E-state index contributed by atoms with van der Waals surface area (Å²) in [6.07, 6.45) is 4.15. The van der Waals surface area contributed by atoms with E-state index in [1.54, 1.807) is 0 Å². The van der Waals surface area contributed by atoms with Crippen molar-refractivity contribution in [3.05, 3.63) is 24.2 Å². The zero-order valence-electron chi connectivity index (χ0n) is 9.84. The number of rotatable bonds is 2. The quantitative estimate of drug-likeness (QED) is 0.854. The van der Waals surface area contributed by atoms with Crippen LogP contribution in [-0.2, 0) is 4.74 Å². The highest BCUT2D eigenvalue weighted by Gasteiger charge is 2.31. The van der Waals surface area contributed by atoms with Crippen molar-refractivity contribution in [1.82, 2.24) is 14.6 Å². The molecule has 2 atom stereocenters. The first-order valence-electron chi connectivity index (χ1n) is 6.01. The molecule has 1 aliphatic rings. The van der Waals surface area contributed by atoms with Crippen LogP contribution in [0.4, 0.5) is 5.69 Å². The Labute approximate surface area is 99.6 Å². The number of anilines is 1. The van der Waals surface area contributed by atoms with Crippen LogP contribution in [-0.4, -0.2) is 27.3 Å². The molecule has 0 aliphatic carbocycles. The van der Waals surface area contributed by atoms with Crippen LogP contribution in [0, 0.1) is 0 Å². The van der Waals surface area contributed by atoms with E-state index in [1.165, 1.54) is 0 Å². The summed E-state index contributed by atoms with van der Waals surface area (Å²) in [7, 11) is 0. The molecule has 1 fully saturated rings. The Bertz CT molecular complexity index is 536. The van der Waals surface area contributed by atoms with E-state index in [4.69, 9.17) is 10.5 Å². The summed E-state index contributed by atoms with van der Waals surface area (Å²) >= 11 is 0. The minimum absolute atomic E-state index is 0.254. The topological polar surface area (TPSA) is 65.4 Å². The molecule has 1 aliphatic heterocycles. The molecule has 2 N–H and O–H groups in total. The normalized spacial score (nSPS) is 24.5. The van der Waals surface area contributed by atoms with Crippen LogP contribution in [0.15, 0.2) is 18.3 Å². The third-order valence-corrected chi connectivity index (χ3v) is 3.40. The Morgan fingerprint density at radius 2 is 2.35 bits per heavy atom. The highest BCUT2D eigenvalue weighted by molar-refractivity contribution is 5.47. The number of ether oxygens (including phenoxy) is 1. The van der Waals surface area contributed by atoms with Crippen LogP contribution in [0.5, 0.6) is 0 Å². The van der Waals surface area contributed by atoms with Crippen molar-refractivity contribution in [3.8, 4) is 0 Å². The van der Waals surface area contributed by atoms with Gasteiger partial charge < -0.3 is 10.5 Å². The van der Waals surface area contributed by atoms with Gasteiger partial charge in [-0.05, 0) is 25.0 Å². The summed E-state index contributed by atoms with van der Waals surface area (Å²) < 4.78 is 7.69. The summed E-state index contributed by atoms with van der Waals surface area (Å²) in [6, 6.07) is 3.73. The van der Waals surface area contributed by atoms with E-state index in [0.29, 0.717) is 5.92 Å². The number of nitrogens with zero attached hydrogens (tertiary/aromatic N) is 3. The molecule has 5 heteroatoms.